The SMILES string of the molecule is O=C(NCc1ccc(C(F)(F)F)cc1)[C@@H]1CCCN1. The van der Waals surface area contributed by atoms with Crippen LogP contribution in [0.3, 0.4) is 0 Å². The number of carbonyl (C=O) groups excluding carboxylic acids is 1. The second-order valence-electron chi connectivity index (χ2n) is 4.56. The summed E-state index contributed by atoms with van der Waals surface area (Å²) in [6.07, 6.45) is -2.55. The number of hydrogen-bond donors (Lipinski definition) is 2. The van der Waals surface area contributed by atoms with Crippen molar-refractivity contribution in [3.8, 4) is 0 Å². The monoisotopic (exact) mass is 272 g/mol. The summed E-state index contributed by atoms with van der Waals surface area (Å²) in [5.74, 6) is -0.0996. The van der Waals surface area contributed by atoms with Crippen LogP contribution in [0.4, 0.5) is 13.2 Å². The van der Waals surface area contributed by atoms with Gasteiger partial charge in [0.2, 0.25) is 5.91 Å². The fourth-order valence-electron chi connectivity index (χ4n) is 2.03. The van der Waals surface area contributed by atoms with Gasteiger partial charge in [0, 0.05) is 6.54 Å². The van der Waals surface area contributed by atoms with Gasteiger partial charge in [-0.05, 0) is 37.1 Å². The molecule has 1 amide bonds. The van der Waals surface area contributed by atoms with Crippen LogP contribution in [0.25, 0.3) is 0 Å². The predicted octanol–water partition coefficient (Wildman–Crippen LogP) is 2.07. The van der Waals surface area contributed by atoms with Crippen LogP contribution < -0.4 is 10.6 Å². The predicted molar refractivity (Wildman–Crippen MR) is 64.3 cm³/mol. The van der Waals surface area contributed by atoms with E-state index in [0.29, 0.717) is 5.56 Å². The van der Waals surface area contributed by atoms with E-state index in [9.17, 15) is 18.0 Å². The molecule has 0 saturated carbocycles. The normalized spacial score (nSPS) is 19.4. The molecular weight excluding hydrogens is 257 g/mol. The van der Waals surface area contributed by atoms with Crippen LogP contribution in [0, 0.1) is 0 Å². The number of rotatable bonds is 3. The van der Waals surface area contributed by atoms with Crippen LogP contribution in [0.2, 0.25) is 0 Å². The Hall–Kier alpha value is -1.56. The number of carbonyl (C=O) groups is 1. The maximum absolute atomic E-state index is 12.4. The van der Waals surface area contributed by atoms with Crippen molar-refractivity contribution >= 4 is 5.91 Å². The van der Waals surface area contributed by atoms with E-state index in [1.165, 1.54) is 12.1 Å². The minimum absolute atomic E-state index is 0.0996. The van der Waals surface area contributed by atoms with Gasteiger partial charge in [-0.1, -0.05) is 12.1 Å². The number of hydrogen-bond acceptors (Lipinski definition) is 2. The van der Waals surface area contributed by atoms with Crippen molar-refractivity contribution in [2.75, 3.05) is 6.54 Å². The standard InChI is InChI=1S/C13H15F3N2O/c14-13(15,16)10-5-3-9(4-6-10)8-18-12(19)11-2-1-7-17-11/h3-6,11,17H,1-2,7-8H2,(H,18,19)/t11-/m0/s1. The third-order valence-electron chi connectivity index (χ3n) is 3.12. The van der Waals surface area contributed by atoms with E-state index < -0.39 is 11.7 Å². The molecule has 104 valence electrons. The zero-order valence-corrected chi connectivity index (χ0v) is 10.3. The van der Waals surface area contributed by atoms with Crippen molar-refractivity contribution in [2.24, 2.45) is 0 Å². The summed E-state index contributed by atoms with van der Waals surface area (Å²) in [6.45, 7) is 1.08. The Morgan fingerprint density at radius 1 is 1.32 bits per heavy atom. The van der Waals surface area contributed by atoms with Gasteiger partial charge in [0.25, 0.3) is 0 Å². The maximum Gasteiger partial charge on any atom is 0.416 e. The number of amides is 1. The smallest absolute Gasteiger partial charge is 0.351 e. The molecule has 0 bridgehead atoms. The molecule has 0 radical (unpaired) electrons. The highest BCUT2D eigenvalue weighted by molar-refractivity contribution is 5.81. The average molecular weight is 272 g/mol. The van der Waals surface area contributed by atoms with Gasteiger partial charge in [0.15, 0.2) is 0 Å². The summed E-state index contributed by atoms with van der Waals surface area (Å²) in [5, 5.41) is 5.78. The highest BCUT2D eigenvalue weighted by Gasteiger charge is 2.30. The maximum atomic E-state index is 12.4. The van der Waals surface area contributed by atoms with E-state index in [1.54, 1.807) is 0 Å². The average Bonchev–Trinajstić information content (AvgIpc) is 2.89. The topological polar surface area (TPSA) is 41.1 Å². The molecule has 0 spiro atoms. The Balaban J connectivity index is 1.87. The summed E-state index contributed by atoms with van der Waals surface area (Å²) >= 11 is 0. The molecule has 6 heteroatoms. The number of nitrogens with one attached hydrogen (secondary N) is 2. The van der Waals surface area contributed by atoms with E-state index in [0.717, 1.165) is 31.5 Å². The van der Waals surface area contributed by atoms with Gasteiger partial charge < -0.3 is 10.6 Å². The first kappa shape index (κ1) is 13.9. The van der Waals surface area contributed by atoms with Crippen molar-refractivity contribution in [1.82, 2.24) is 10.6 Å². The zero-order chi connectivity index (χ0) is 13.9. The lowest BCUT2D eigenvalue weighted by Crippen LogP contribution is -2.39. The molecule has 19 heavy (non-hydrogen) atoms. The molecule has 1 saturated heterocycles. The number of halogens is 3. The van der Waals surface area contributed by atoms with Gasteiger partial charge in [-0.25, -0.2) is 0 Å². The second kappa shape index (κ2) is 5.61. The fourth-order valence-corrected chi connectivity index (χ4v) is 2.03. The van der Waals surface area contributed by atoms with E-state index >= 15 is 0 Å². The van der Waals surface area contributed by atoms with Crippen LogP contribution in [-0.2, 0) is 17.5 Å². The third-order valence-corrected chi connectivity index (χ3v) is 3.12. The molecular formula is C13H15F3N2O. The van der Waals surface area contributed by atoms with Crippen molar-refractivity contribution in [2.45, 2.75) is 31.6 Å². The van der Waals surface area contributed by atoms with Crippen LogP contribution in [-0.4, -0.2) is 18.5 Å². The quantitative estimate of drug-likeness (QED) is 0.884. The van der Waals surface area contributed by atoms with Crippen molar-refractivity contribution < 1.29 is 18.0 Å². The summed E-state index contributed by atoms with van der Waals surface area (Å²) in [4.78, 5) is 11.7. The number of alkyl halides is 3. The van der Waals surface area contributed by atoms with E-state index in [4.69, 9.17) is 0 Å². The van der Waals surface area contributed by atoms with Gasteiger partial charge >= 0.3 is 6.18 Å². The molecule has 1 heterocycles. The Morgan fingerprint density at radius 3 is 2.53 bits per heavy atom. The molecule has 0 aromatic heterocycles. The first-order chi connectivity index (χ1) is 8.97. The third kappa shape index (κ3) is 3.70. The minimum Gasteiger partial charge on any atom is -0.351 e. The lowest BCUT2D eigenvalue weighted by molar-refractivity contribution is -0.137. The fraction of sp³-hybridized carbons (Fsp3) is 0.462. The molecule has 1 aliphatic rings. The summed E-state index contributed by atoms with van der Waals surface area (Å²) in [6, 6.07) is 4.63. The van der Waals surface area contributed by atoms with Crippen molar-refractivity contribution in [1.29, 1.82) is 0 Å². The van der Waals surface area contributed by atoms with Gasteiger partial charge in [0.05, 0.1) is 11.6 Å². The van der Waals surface area contributed by atoms with Crippen molar-refractivity contribution in [3.05, 3.63) is 35.4 Å². The molecule has 1 fully saturated rings. The molecule has 1 aromatic carbocycles. The van der Waals surface area contributed by atoms with Gasteiger partial charge in [0.1, 0.15) is 0 Å². The minimum atomic E-state index is -4.32. The molecule has 1 aromatic rings. The molecule has 0 unspecified atom stereocenters. The van der Waals surface area contributed by atoms with Gasteiger partial charge in [-0.3, -0.25) is 4.79 Å². The first-order valence-electron chi connectivity index (χ1n) is 6.14. The van der Waals surface area contributed by atoms with E-state index in [1.807, 2.05) is 0 Å². The molecule has 0 aliphatic carbocycles. The Labute approximate surface area is 109 Å². The Morgan fingerprint density at radius 2 is 2.00 bits per heavy atom. The summed E-state index contributed by atoms with van der Waals surface area (Å²) in [7, 11) is 0. The molecule has 1 aliphatic heterocycles. The van der Waals surface area contributed by atoms with Crippen molar-refractivity contribution in [3.63, 3.8) is 0 Å². The van der Waals surface area contributed by atoms with E-state index in [2.05, 4.69) is 10.6 Å². The molecule has 1 atom stereocenters. The van der Waals surface area contributed by atoms with Crippen LogP contribution in [0.1, 0.15) is 24.0 Å². The summed E-state index contributed by atoms with van der Waals surface area (Å²) < 4.78 is 37.1. The Kier molecular flexibility index (Phi) is 4.09. The molecule has 3 nitrogen and oxygen atoms in total. The summed E-state index contributed by atoms with van der Waals surface area (Å²) in [5.41, 5.74) is -0.0283. The highest BCUT2D eigenvalue weighted by Crippen LogP contribution is 2.29. The lowest BCUT2D eigenvalue weighted by Gasteiger charge is -2.12. The molecule has 2 N–H and O–H groups in total. The van der Waals surface area contributed by atoms with E-state index in [-0.39, 0.29) is 18.5 Å². The lowest BCUT2D eigenvalue weighted by atomic mass is 10.1. The second-order valence-corrected chi connectivity index (χ2v) is 4.56. The van der Waals surface area contributed by atoms with Crippen LogP contribution in [0.5, 0.6) is 0 Å². The zero-order valence-electron chi connectivity index (χ0n) is 10.3. The first-order valence-corrected chi connectivity index (χ1v) is 6.14. The molecule has 2 rings (SSSR count). The van der Waals surface area contributed by atoms with Gasteiger partial charge in [-0.2, -0.15) is 13.2 Å². The van der Waals surface area contributed by atoms with Gasteiger partial charge in [-0.15, -0.1) is 0 Å². The largest absolute Gasteiger partial charge is 0.416 e. The Bertz CT molecular complexity index is 436. The van der Waals surface area contributed by atoms with Crippen LogP contribution >= 0.6 is 0 Å². The van der Waals surface area contributed by atoms with Crippen LogP contribution in [0.15, 0.2) is 24.3 Å². The highest BCUT2D eigenvalue weighted by atomic mass is 19.4. The number of benzene rings is 1.